The second-order valence-electron chi connectivity index (χ2n) is 6.71. The number of aliphatic hydroxyl groups excluding tert-OH is 1. The topological polar surface area (TPSA) is 26.7 Å². The Balaban J connectivity index is 2.28. The van der Waals surface area contributed by atoms with Gasteiger partial charge >= 0.3 is 0 Å². The van der Waals surface area contributed by atoms with Gasteiger partial charge in [0, 0.05) is 6.54 Å². The van der Waals surface area contributed by atoms with Gasteiger partial charge in [-0.05, 0) is 71.8 Å². The summed E-state index contributed by atoms with van der Waals surface area (Å²) in [5, 5.41) is 10.2. The smallest absolute Gasteiger partial charge is 0.0580 e. The molecule has 3 heteroatoms. The summed E-state index contributed by atoms with van der Waals surface area (Å²) in [6.45, 7) is 5.62. The van der Waals surface area contributed by atoms with Crippen LogP contribution in [0.1, 0.15) is 45.4 Å². The molecule has 0 heterocycles. The minimum Gasteiger partial charge on any atom is -0.393 e. The third-order valence-electron chi connectivity index (χ3n) is 4.44. The summed E-state index contributed by atoms with van der Waals surface area (Å²) in [7, 11) is 6.45. The summed E-state index contributed by atoms with van der Waals surface area (Å²) in [6.07, 6.45) is 7.25. The normalized spacial score (nSPS) is 28.3. The van der Waals surface area contributed by atoms with Crippen molar-refractivity contribution in [1.29, 1.82) is 0 Å². The quantitative estimate of drug-likeness (QED) is 0.734. The van der Waals surface area contributed by atoms with Crippen LogP contribution >= 0.6 is 0 Å². The number of hydrogen-bond donors (Lipinski definition) is 1. The molecule has 1 N–H and O–H groups in total. The van der Waals surface area contributed by atoms with Crippen LogP contribution in [0.5, 0.6) is 0 Å². The van der Waals surface area contributed by atoms with Gasteiger partial charge in [-0.2, -0.15) is 0 Å². The molecule has 3 atom stereocenters. The Hall–Kier alpha value is -0.120. The first-order valence-corrected chi connectivity index (χ1v) is 8.04. The van der Waals surface area contributed by atoms with E-state index in [0.717, 1.165) is 32.0 Å². The van der Waals surface area contributed by atoms with Crippen LogP contribution in [0.25, 0.3) is 0 Å². The zero-order valence-corrected chi connectivity index (χ0v) is 13.4. The highest BCUT2D eigenvalue weighted by atomic mass is 16.3. The van der Waals surface area contributed by atoms with Gasteiger partial charge in [-0.1, -0.05) is 19.8 Å². The lowest BCUT2D eigenvalue weighted by molar-refractivity contribution is 0.0296. The highest BCUT2D eigenvalue weighted by Crippen LogP contribution is 2.32. The van der Waals surface area contributed by atoms with Crippen molar-refractivity contribution < 1.29 is 5.11 Å². The van der Waals surface area contributed by atoms with E-state index in [-0.39, 0.29) is 6.10 Å². The fraction of sp³-hybridized carbons (Fsp3) is 1.00. The van der Waals surface area contributed by atoms with Gasteiger partial charge < -0.3 is 14.9 Å². The molecule has 0 aromatic carbocycles. The summed E-state index contributed by atoms with van der Waals surface area (Å²) >= 11 is 0. The van der Waals surface area contributed by atoms with Crippen LogP contribution in [-0.4, -0.2) is 61.8 Å². The minimum absolute atomic E-state index is 0.0654. The van der Waals surface area contributed by atoms with Crippen molar-refractivity contribution in [2.45, 2.75) is 51.6 Å². The van der Waals surface area contributed by atoms with Gasteiger partial charge in [-0.15, -0.1) is 0 Å². The highest BCUT2D eigenvalue weighted by Gasteiger charge is 2.29. The van der Waals surface area contributed by atoms with E-state index in [1.807, 2.05) is 0 Å². The van der Waals surface area contributed by atoms with Crippen molar-refractivity contribution in [2.75, 3.05) is 40.8 Å². The fourth-order valence-electron chi connectivity index (χ4n) is 3.36. The molecule has 1 aliphatic rings. The third-order valence-corrected chi connectivity index (χ3v) is 4.44. The van der Waals surface area contributed by atoms with Gasteiger partial charge in [0.15, 0.2) is 0 Å². The molecule has 0 spiro atoms. The average Bonchev–Trinajstić information content (AvgIpc) is 2.33. The lowest BCUT2D eigenvalue weighted by Crippen LogP contribution is -2.38. The van der Waals surface area contributed by atoms with E-state index >= 15 is 0 Å². The SMILES string of the molecule is CCCC1CCC(O)C(CN(C)CCCN(C)C)C1. The molecule has 114 valence electrons. The van der Waals surface area contributed by atoms with Gasteiger partial charge in [-0.25, -0.2) is 0 Å². The van der Waals surface area contributed by atoms with Crippen LogP contribution in [-0.2, 0) is 0 Å². The van der Waals surface area contributed by atoms with Crippen molar-refractivity contribution >= 4 is 0 Å². The Labute approximate surface area is 120 Å². The molecule has 0 saturated heterocycles. The molecule has 1 saturated carbocycles. The Morgan fingerprint density at radius 3 is 2.47 bits per heavy atom. The maximum Gasteiger partial charge on any atom is 0.0580 e. The van der Waals surface area contributed by atoms with E-state index in [9.17, 15) is 5.11 Å². The van der Waals surface area contributed by atoms with Crippen LogP contribution < -0.4 is 0 Å². The van der Waals surface area contributed by atoms with E-state index in [4.69, 9.17) is 0 Å². The maximum atomic E-state index is 10.2. The van der Waals surface area contributed by atoms with Crippen LogP contribution in [0.15, 0.2) is 0 Å². The predicted octanol–water partition coefficient (Wildman–Crippen LogP) is 2.45. The van der Waals surface area contributed by atoms with Crippen molar-refractivity contribution in [3.8, 4) is 0 Å². The lowest BCUT2D eigenvalue weighted by atomic mass is 9.77. The molecular weight excluding hydrogens is 236 g/mol. The van der Waals surface area contributed by atoms with Crippen LogP contribution in [0.3, 0.4) is 0 Å². The number of rotatable bonds is 8. The molecule has 1 rings (SSSR count). The summed E-state index contributed by atoms with van der Waals surface area (Å²) < 4.78 is 0. The molecule has 1 aliphatic carbocycles. The molecule has 0 amide bonds. The second kappa shape index (κ2) is 8.93. The molecule has 0 bridgehead atoms. The molecule has 3 unspecified atom stereocenters. The zero-order chi connectivity index (χ0) is 14.3. The Morgan fingerprint density at radius 2 is 1.84 bits per heavy atom. The zero-order valence-electron chi connectivity index (χ0n) is 13.4. The average molecular weight is 270 g/mol. The fourth-order valence-corrected chi connectivity index (χ4v) is 3.36. The van der Waals surface area contributed by atoms with Gasteiger partial charge in [0.05, 0.1) is 6.10 Å². The van der Waals surface area contributed by atoms with Gasteiger partial charge in [0.1, 0.15) is 0 Å². The van der Waals surface area contributed by atoms with Crippen LogP contribution in [0.4, 0.5) is 0 Å². The molecule has 0 aromatic heterocycles. The molecule has 1 fully saturated rings. The van der Waals surface area contributed by atoms with Crippen molar-refractivity contribution in [3.05, 3.63) is 0 Å². The standard InChI is InChI=1S/C16H34N2O/c1-5-7-14-8-9-16(19)15(12-14)13-18(4)11-6-10-17(2)3/h14-16,19H,5-13H2,1-4H3. The van der Waals surface area contributed by atoms with E-state index in [1.54, 1.807) is 0 Å². The van der Waals surface area contributed by atoms with E-state index < -0.39 is 0 Å². The maximum absolute atomic E-state index is 10.2. The monoisotopic (exact) mass is 270 g/mol. The van der Waals surface area contributed by atoms with Crippen LogP contribution in [0.2, 0.25) is 0 Å². The second-order valence-corrected chi connectivity index (χ2v) is 6.71. The Kier molecular flexibility index (Phi) is 7.96. The van der Waals surface area contributed by atoms with E-state index in [1.165, 1.54) is 32.1 Å². The van der Waals surface area contributed by atoms with E-state index in [0.29, 0.717) is 5.92 Å². The molecule has 0 aliphatic heterocycles. The number of nitrogens with zero attached hydrogens (tertiary/aromatic N) is 2. The third kappa shape index (κ3) is 6.73. The summed E-state index contributed by atoms with van der Waals surface area (Å²) in [5.41, 5.74) is 0. The largest absolute Gasteiger partial charge is 0.393 e. The first kappa shape index (κ1) is 16.9. The summed E-state index contributed by atoms with van der Waals surface area (Å²) in [5.74, 6) is 1.35. The molecule has 0 radical (unpaired) electrons. The molecule has 0 aromatic rings. The molecular formula is C16H34N2O. The molecule has 19 heavy (non-hydrogen) atoms. The first-order chi connectivity index (χ1) is 9.02. The first-order valence-electron chi connectivity index (χ1n) is 8.04. The minimum atomic E-state index is -0.0654. The molecule has 3 nitrogen and oxygen atoms in total. The van der Waals surface area contributed by atoms with Crippen molar-refractivity contribution in [3.63, 3.8) is 0 Å². The van der Waals surface area contributed by atoms with Gasteiger partial charge in [0.25, 0.3) is 0 Å². The van der Waals surface area contributed by atoms with E-state index in [2.05, 4.69) is 37.9 Å². The highest BCUT2D eigenvalue weighted by molar-refractivity contribution is 4.81. The summed E-state index contributed by atoms with van der Waals surface area (Å²) in [6, 6.07) is 0. The Bertz CT molecular complexity index is 233. The lowest BCUT2D eigenvalue weighted by Gasteiger charge is -2.35. The summed E-state index contributed by atoms with van der Waals surface area (Å²) in [4.78, 5) is 4.65. The van der Waals surface area contributed by atoms with Crippen molar-refractivity contribution in [1.82, 2.24) is 9.80 Å². The van der Waals surface area contributed by atoms with Crippen molar-refractivity contribution in [2.24, 2.45) is 11.8 Å². The number of aliphatic hydroxyl groups is 1. The predicted molar refractivity (Wildman–Crippen MR) is 82.4 cm³/mol. The van der Waals surface area contributed by atoms with Crippen LogP contribution in [0, 0.1) is 11.8 Å². The Morgan fingerprint density at radius 1 is 1.11 bits per heavy atom. The van der Waals surface area contributed by atoms with Gasteiger partial charge in [0.2, 0.25) is 0 Å². The number of hydrogen-bond acceptors (Lipinski definition) is 3. The van der Waals surface area contributed by atoms with Gasteiger partial charge in [-0.3, -0.25) is 0 Å².